The number of hydrogen-bond acceptors (Lipinski definition) is 6. The lowest BCUT2D eigenvalue weighted by Gasteiger charge is -2.10. The van der Waals surface area contributed by atoms with E-state index in [1.54, 1.807) is 43.3 Å². The third-order valence-corrected chi connectivity index (χ3v) is 3.77. The number of carbonyl (C=O) groups is 1. The van der Waals surface area contributed by atoms with Crippen molar-refractivity contribution in [3.63, 3.8) is 0 Å². The predicted octanol–water partition coefficient (Wildman–Crippen LogP) is 4.61. The van der Waals surface area contributed by atoms with Crippen molar-refractivity contribution in [1.29, 1.82) is 0 Å². The summed E-state index contributed by atoms with van der Waals surface area (Å²) in [4.78, 5) is 20.0. The lowest BCUT2D eigenvalue weighted by molar-refractivity contribution is 0.0516. The maximum Gasteiger partial charge on any atom is 0.360 e. The van der Waals surface area contributed by atoms with Crippen LogP contribution in [0, 0.1) is 0 Å². The van der Waals surface area contributed by atoms with Crippen LogP contribution >= 0.6 is 23.2 Å². The summed E-state index contributed by atoms with van der Waals surface area (Å²) in [6, 6.07) is 9.83. The van der Waals surface area contributed by atoms with Crippen LogP contribution in [0.25, 0.3) is 10.9 Å². The Morgan fingerprint density at radius 2 is 1.84 bits per heavy atom. The summed E-state index contributed by atoms with van der Waals surface area (Å²) >= 11 is 11.9. The summed E-state index contributed by atoms with van der Waals surface area (Å²) < 4.78 is 10.5. The molecule has 1 aromatic carbocycles. The molecule has 128 valence electrons. The average molecular weight is 379 g/mol. The molecule has 0 unspecified atom stereocenters. The van der Waals surface area contributed by atoms with Gasteiger partial charge in [0.15, 0.2) is 16.6 Å². The third kappa shape index (κ3) is 3.60. The molecule has 0 radical (unpaired) electrons. The number of fused-ring (bicyclic) bond motifs is 1. The van der Waals surface area contributed by atoms with Gasteiger partial charge in [0.1, 0.15) is 11.3 Å². The second-order valence-electron chi connectivity index (χ2n) is 4.92. The number of aromatic hydroxyl groups is 1. The number of hydrogen-bond donors (Lipinski definition) is 1. The van der Waals surface area contributed by atoms with Crippen LogP contribution in [0.3, 0.4) is 0 Å². The van der Waals surface area contributed by atoms with Crippen molar-refractivity contribution >= 4 is 40.1 Å². The van der Waals surface area contributed by atoms with E-state index in [1.165, 1.54) is 0 Å². The molecule has 0 spiro atoms. The summed E-state index contributed by atoms with van der Waals surface area (Å²) in [5.74, 6) is -0.316. The normalized spacial score (nSPS) is 10.7. The highest BCUT2D eigenvalue weighted by atomic mass is 35.5. The third-order valence-electron chi connectivity index (χ3n) is 3.26. The quantitative estimate of drug-likeness (QED) is 0.527. The van der Waals surface area contributed by atoms with Crippen molar-refractivity contribution in [2.24, 2.45) is 0 Å². The molecule has 0 aliphatic heterocycles. The molecular formula is C17H12Cl2N2O4. The van der Waals surface area contributed by atoms with Gasteiger partial charge in [0, 0.05) is 16.5 Å². The van der Waals surface area contributed by atoms with Crippen molar-refractivity contribution < 1.29 is 19.4 Å². The fourth-order valence-corrected chi connectivity index (χ4v) is 2.50. The monoisotopic (exact) mass is 378 g/mol. The maximum absolute atomic E-state index is 11.8. The number of pyridine rings is 2. The van der Waals surface area contributed by atoms with Crippen LogP contribution in [0.2, 0.25) is 10.2 Å². The highest BCUT2D eigenvalue weighted by Crippen LogP contribution is 2.33. The second-order valence-corrected chi connectivity index (χ2v) is 5.72. The fraction of sp³-hybridized carbons (Fsp3) is 0.118. The molecule has 2 heterocycles. The number of benzene rings is 1. The summed E-state index contributed by atoms with van der Waals surface area (Å²) in [6.07, 6.45) is 0. The zero-order valence-corrected chi connectivity index (χ0v) is 14.5. The molecule has 6 nitrogen and oxygen atoms in total. The van der Waals surface area contributed by atoms with Gasteiger partial charge in [-0.05, 0) is 37.3 Å². The van der Waals surface area contributed by atoms with E-state index in [9.17, 15) is 9.90 Å². The highest BCUT2D eigenvalue weighted by Gasteiger charge is 2.20. The van der Waals surface area contributed by atoms with E-state index < -0.39 is 5.97 Å². The number of aromatic nitrogens is 2. The van der Waals surface area contributed by atoms with Gasteiger partial charge in [0.25, 0.3) is 0 Å². The second kappa shape index (κ2) is 7.13. The molecule has 0 saturated heterocycles. The molecule has 0 aliphatic carbocycles. The van der Waals surface area contributed by atoms with Crippen LogP contribution < -0.4 is 4.74 Å². The number of carbonyl (C=O) groups excluding carboxylic acids is 1. The largest absolute Gasteiger partial charge is 0.505 e. The topological polar surface area (TPSA) is 81.5 Å². The SMILES string of the molecule is CCOC(=O)c1nc(Cl)c2nc(Oc3ccc(Cl)cc3)ccc2c1O. The lowest BCUT2D eigenvalue weighted by Crippen LogP contribution is -2.08. The predicted molar refractivity (Wildman–Crippen MR) is 93.7 cm³/mol. The van der Waals surface area contributed by atoms with Crippen molar-refractivity contribution in [2.75, 3.05) is 6.61 Å². The van der Waals surface area contributed by atoms with Crippen LogP contribution in [0.1, 0.15) is 17.4 Å². The van der Waals surface area contributed by atoms with Gasteiger partial charge in [0.2, 0.25) is 5.88 Å². The molecule has 3 aromatic rings. The van der Waals surface area contributed by atoms with Crippen molar-refractivity contribution in [3.8, 4) is 17.4 Å². The molecule has 0 atom stereocenters. The first-order valence-corrected chi connectivity index (χ1v) is 8.05. The number of nitrogens with zero attached hydrogens (tertiary/aromatic N) is 2. The lowest BCUT2D eigenvalue weighted by atomic mass is 10.2. The van der Waals surface area contributed by atoms with Gasteiger partial charge in [-0.2, -0.15) is 0 Å². The Bertz CT molecular complexity index is 946. The molecule has 2 aromatic heterocycles. The Balaban J connectivity index is 2.00. The van der Waals surface area contributed by atoms with Crippen molar-refractivity contribution in [2.45, 2.75) is 6.92 Å². The molecule has 0 amide bonds. The van der Waals surface area contributed by atoms with Gasteiger partial charge in [-0.3, -0.25) is 0 Å². The Hall–Kier alpha value is -2.57. The maximum atomic E-state index is 11.8. The van der Waals surface area contributed by atoms with Gasteiger partial charge in [0.05, 0.1) is 6.61 Å². The molecule has 0 aliphatic rings. The fourth-order valence-electron chi connectivity index (χ4n) is 2.14. The molecule has 25 heavy (non-hydrogen) atoms. The highest BCUT2D eigenvalue weighted by molar-refractivity contribution is 6.34. The van der Waals surface area contributed by atoms with E-state index in [1.807, 2.05) is 0 Å². The molecule has 0 fully saturated rings. The Morgan fingerprint density at radius 1 is 1.12 bits per heavy atom. The standard InChI is InChI=1S/C17H12Cl2N2O4/c1-2-24-17(23)14-15(22)11-7-8-12(20-13(11)16(19)21-14)25-10-5-3-9(18)4-6-10/h3-8,22H,2H2,1H3. The van der Waals surface area contributed by atoms with Gasteiger partial charge >= 0.3 is 5.97 Å². The van der Waals surface area contributed by atoms with E-state index >= 15 is 0 Å². The minimum absolute atomic E-state index is 0.0441. The Kier molecular flexibility index (Phi) is 4.92. The summed E-state index contributed by atoms with van der Waals surface area (Å²) in [5, 5.41) is 11.1. The summed E-state index contributed by atoms with van der Waals surface area (Å²) in [6.45, 7) is 1.81. The molecule has 3 rings (SSSR count). The van der Waals surface area contributed by atoms with Gasteiger partial charge in [-0.25, -0.2) is 14.8 Å². The first-order valence-electron chi connectivity index (χ1n) is 7.29. The Labute approximate surface area is 152 Å². The molecule has 8 heteroatoms. The first-order chi connectivity index (χ1) is 12.0. The Morgan fingerprint density at radius 3 is 2.52 bits per heavy atom. The van der Waals surface area contributed by atoms with Crippen LogP contribution in [0.15, 0.2) is 36.4 Å². The van der Waals surface area contributed by atoms with Crippen LogP contribution in [-0.2, 0) is 4.74 Å². The zero-order chi connectivity index (χ0) is 18.0. The number of esters is 1. The van der Waals surface area contributed by atoms with Crippen LogP contribution in [0.4, 0.5) is 0 Å². The number of halogens is 2. The van der Waals surface area contributed by atoms with Gasteiger partial charge < -0.3 is 14.6 Å². The van der Waals surface area contributed by atoms with Crippen LogP contribution in [-0.4, -0.2) is 27.7 Å². The van der Waals surface area contributed by atoms with Gasteiger partial charge in [-0.1, -0.05) is 23.2 Å². The smallest absolute Gasteiger partial charge is 0.360 e. The van der Waals surface area contributed by atoms with Gasteiger partial charge in [-0.15, -0.1) is 0 Å². The van der Waals surface area contributed by atoms with E-state index in [0.29, 0.717) is 10.8 Å². The number of rotatable bonds is 4. The molecule has 0 saturated carbocycles. The van der Waals surface area contributed by atoms with Crippen LogP contribution in [0.5, 0.6) is 17.4 Å². The minimum Gasteiger partial charge on any atom is -0.505 e. The zero-order valence-electron chi connectivity index (χ0n) is 13.0. The van der Waals surface area contributed by atoms with E-state index in [-0.39, 0.29) is 40.0 Å². The molecular weight excluding hydrogens is 367 g/mol. The van der Waals surface area contributed by atoms with E-state index in [0.717, 1.165) is 0 Å². The van der Waals surface area contributed by atoms with E-state index in [4.69, 9.17) is 32.7 Å². The molecule has 0 bridgehead atoms. The number of ether oxygens (including phenoxy) is 2. The molecule has 1 N–H and O–H groups in total. The first kappa shape index (κ1) is 17.3. The van der Waals surface area contributed by atoms with E-state index in [2.05, 4.69) is 9.97 Å². The summed E-state index contributed by atoms with van der Waals surface area (Å²) in [7, 11) is 0. The van der Waals surface area contributed by atoms with Crippen molar-refractivity contribution in [1.82, 2.24) is 9.97 Å². The average Bonchev–Trinajstić information content (AvgIpc) is 2.60. The summed E-state index contributed by atoms with van der Waals surface area (Å²) in [5.41, 5.74) is -0.0498. The minimum atomic E-state index is -0.759. The van der Waals surface area contributed by atoms with Crippen molar-refractivity contribution in [3.05, 3.63) is 52.3 Å².